The van der Waals surface area contributed by atoms with Gasteiger partial charge in [-0.2, -0.15) is 5.10 Å². The molecule has 0 aliphatic carbocycles. The van der Waals surface area contributed by atoms with Gasteiger partial charge in [0.1, 0.15) is 5.82 Å². The summed E-state index contributed by atoms with van der Waals surface area (Å²) in [6.45, 7) is 11.8. The lowest BCUT2D eigenvalue weighted by Gasteiger charge is -2.23. The minimum atomic E-state index is -0.0336. The van der Waals surface area contributed by atoms with Crippen LogP contribution < -0.4 is 0 Å². The molecule has 8 heteroatoms. The van der Waals surface area contributed by atoms with Gasteiger partial charge in [-0.25, -0.2) is 14.8 Å². The van der Waals surface area contributed by atoms with E-state index in [9.17, 15) is 0 Å². The Hall–Kier alpha value is -3.29. The zero-order chi connectivity index (χ0) is 24.1. The van der Waals surface area contributed by atoms with E-state index >= 15 is 0 Å². The molecule has 3 aromatic heterocycles. The lowest BCUT2D eigenvalue weighted by atomic mass is 9.92. The van der Waals surface area contributed by atoms with Crippen molar-refractivity contribution in [3.8, 4) is 17.2 Å². The quantitative estimate of drug-likeness (QED) is 0.348. The second-order valence-electron chi connectivity index (χ2n) is 9.91. The zero-order valence-electron chi connectivity index (χ0n) is 21.0. The fourth-order valence-corrected chi connectivity index (χ4v) is 4.19. The molecule has 0 unspecified atom stereocenters. The average Bonchev–Trinajstić information content (AvgIpc) is 3.56. The van der Waals surface area contributed by atoms with E-state index in [2.05, 4.69) is 101 Å². The second kappa shape index (κ2) is 10.3. The first-order valence-electron chi connectivity index (χ1n) is 12.4. The highest BCUT2D eigenvalue weighted by Crippen LogP contribution is 2.31. The van der Waals surface area contributed by atoms with Gasteiger partial charge in [0, 0.05) is 29.6 Å². The van der Waals surface area contributed by atoms with E-state index in [-0.39, 0.29) is 5.41 Å². The molecule has 180 valence electrons. The third-order valence-electron chi connectivity index (χ3n) is 6.06. The van der Waals surface area contributed by atoms with Crippen molar-refractivity contribution >= 4 is 0 Å². The fourth-order valence-electron chi connectivity index (χ4n) is 4.19. The maximum Gasteiger partial charge on any atom is 0.196 e. The van der Waals surface area contributed by atoms with Gasteiger partial charge < -0.3 is 4.57 Å². The highest BCUT2D eigenvalue weighted by Gasteiger charge is 2.23. The normalized spacial score (nSPS) is 11.9. The predicted octanol–water partition coefficient (Wildman–Crippen LogP) is 5.28. The van der Waals surface area contributed by atoms with Crippen LogP contribution in [0.3, 0.4) is 0 Å². The smallest absolute Gasteiger partial charge is 0.196 e. The van der Waals surface area contributed by atoms with Crippen LogP contribution in [0.2, 0.25) is 0 Å². The number of rotatable bonds is 10. The van der Waals surface area contributed by atoms with E-state index in [0.717, 1.165) is 68.1 Å². The van der Waals surface area contributed by atoms with Gasteiger partial charge in [0.2, 0.25) is 0 Å². The Morgan fingerprint density at radius 3 is 2.29 bits per heavy atom. The minimum absolute atomic E-state index is 0.0336. The zero-order valence-corrected chi connectivity index (χ0v) is 21.0. The number of aromatic nitrogens is 8. The van der Waals surface area contributed by atoms with E-state index in [0.29, 0.717) is 5.82 Å². The molecule has 0 bridgehead atoms. The molecular formula is C26H36N8. The Morgan fingerprint density at radius 2 is 1.65 bits per heavy atom. The van der Waals surface area contributed by atoms with Gasteiger partial charge in [-0.15, -0.1) is 5.10 Å². The Morgan fingerprint density at radius 1 is 0.912 bits per heavy atom. The van der Waals surface area contributed by atoms with Gasteiger partial charge in [0.25, 0.3) is 0 Å². The molecule has 0 atom stereocenters. The SMILES string of the molecule is CCCCc1nc(CCCC)n(Cc2ccc(-n3c(-c4nnn[nH]4)ccc3C(C)(C)C)cc2)n1. The van der Waals surface area contributed by atoms with Gasteiger partial charge in [-0.3, -0.25) is 0 Å². The molecule has 0 saturated heterocycles. The Labute approximate surface area is 201 Å². The molecule has 0 radical (unpaired) electrons. The van der Waals surface area contributed by atoms with Crippen molar-refractivity contribution in [1.29, 1.82) is 0 Å². The Balaban J connectivity index is 1.63. The number of H-pyrrole nitrogens is 1. The summed E-state index contributed by atoms with van der Waals surface area (Å²) in [5.74, 6) is 2.72. The Bertz CT molecular complexity index is 1180. The van der Waals surface area contributed by atoms with Crippen molar-refractivity contribution in [2.45, 2.75) is 85.1 Å². The van der Waals surface area contributed by atoms with Gasteiger partial charge in [-0.1, -0.05) is 59.6 Å². The standard InChI is InChI=1S/C26H36N8/c1-6-8-10-23-27-24(11-9-7-2)33(30-23)18-19-12-14-20(15-13-19)34-21(25-28-31-32-29-25)16-17-22(34)26(3,4)5/h12-17H,6-11,18H2,1-5H3,(H,28,29,31,32). The third kappa shape index (κ3) is 5.26. The van der Waals surface area contributed by atoms with Crippen LogP contribution >= 0.6 is 0 Å². The van der Waals surface area contributed by atoms with Gasteiger partial charge in [-0.05, 0) is 53.1 Å². The number of aryl methyl sites for hydroxylation is 2. The number of tetrazole rings is 1. The van der Waals surface area contributed by atoms with Crippen molar-refractivity contribution in [3.05, 3.63) is 59.3 Å². The summed E-state index contributed by atoms with van der Waals surface area (Å²) in [6.07, 6.45) is 6.49. The molecule has 0 amide bonds. The highest BCUT2D eigenvalue weighted by molar-refractivity contribution is 5.57. The summed E-state index contributed by atoms with van der Waals surface area (Å²) < 4.78 is 4.33. The summed E-state index contributed by atoms with van der Waals surface area (Å²) in [7, 11) is 0. The van der Waals surface area contributed by atoms with E-state index < -0.39 is 0 Å². The largest absolute Gasteiger partial charge is 0.310 e. The molecule has 8 nitrogen and oxygen atoms in total. The van der Waals surface area contributed by atoms with E-state index in [1.165, 1.54) is 11.3 Å². The van der Waals surface area contributed by atoms with Crippen LogP contribution in [0.4, 0.5) is 0 Å². The second-order valence-corrected chi connectivity index (χ2v) is 9.91. The molecule has 0 spiro atoms. The van der Waals surface area contributed by atoms with Crippen molar-refractivity contribution in [1.82, 2.24) is 40.0 Å². The molecule has 0 aliphatic heterocycles. The maximum absolute atomic E-state index is 4.84. The first-order valence-corrected chi connectivity index (χ1v) is 12.4. The minimum Gasteiger partial charge on any atom is -0.310 e. The van der Waals surface area contributed by atoms with E-state index in [4.69, 9.17) is 10.1 Å². The number of hydrogen-bond donors (Lipinski definition) is 1. The highest BCUT2D eigenvalue weighted by atomic mass is 15.5. The predicted molar refractivity (Wildman–Crippen MR) is 134 cm³/mol. The summed E-state index contributed by atoms with van der Waals surface area (Å²) in [4.78, 5) is 4.84. The lowest BCUT2D eigenvalue weighted by molar-refractivity contribution is 0.557. The van der Waals surface area contributed by atoms with Crippen LogP contribution in [0.1, 0.15) is 83.2 Å². The van der Waals surface area contributed by atoms with Crippen molar-refractivity contribution in [2.75, 3.05) is 0 Å². The summed E-state index contributed by atoms with van der Waals surface area (Å²) in [6, 6.07) is 12.9. The van der Waals surface area contributed by atoms with E-state index in [1.807, 2.05) is 0 Å². The summed E-state index contributed by atoms with van der Waals surface area (Å²) >= 11 is 0. The molecule has 4 rings (SSSR count). The molecule has 0 aliphatic rings. The van der Waals surface area contributed by atoms with Gasteiger partial charge in [0.15, 0.2) is 11.6 Å². The lowest BCUT2D eigenvalue weighted by Crippen LogP contribution is -2.17. The summed E-state index contributed by atoms with van der Waals surface area (Å²) in [5.41, 5.74) is 4.40. The van der Waals surface area contributed by atoms with Gasteiger partial charge in [0.05, 0.1) is 12.2 Å². The van der Waals surface area contributed by atoms with Crippen molar-refractivity contribution in [2.24, 2.45) is 0 Å². The molecule has 1 aromatic carbocycles. The third-order valence-corrected chi connectivity index (χ3v) is 6.06. The molecule has 4 aromatic rings. The number of hydrogen-bond acceptors (Lipinski definition) is 5. The first-order chi connectivity index (χ1) is 16.4. The molecule has 34 heavy (non-hydrogen) atoms. The Kier molecular flexibility index (Phi) is 7.24. The molecule has 0 fully saturated rings. The number of nitrogens with one attached hydrogen (secondary N) is 1. The van der Waals surface area contributed by atoms with Crippen LogP contribution in [0.25, 0.3) is 17.2 Å². The fraction of sp³-hybridized carbons (Fsp3) is 0.500. The first kappa shape index (κ1) is 23.9. The van der Waals surface area contributed by atoms with Crippen LogP contribution in [0, 0.1) is 0 Å². The summed E-state index contributed by atoms with van der Waals surface area (Å²) in [5, 5.41) is 19.4. The average molecular weight is 461 g/mol. The van der Waals surface area contributed by atoms with Gasteiger partial charge >= 0.3 is 0 Å². The monoisotopic (exact) mass is 460 g/mol. The molecule has 0 saturated carbocycles. The van der Waals surface area contributed by atoms with E-state index in [1.54, 1.807) is 0 Å². The van der Waals surface area contributed by atoms with Crippen molar-refractivity contribution in [3.63, 3.8) is 0 Å². The number of nitrogens with zero attached hydrogens (tertiary/aromatic N) is 7. The molecule has 1 N–H and O–H groups in total. The van der Waals surface area contributed by atoms with Crippen LogP contribution in [0.5, 0.6) is 0 Å². The number of unbranched alkanes of at least 4 members (excludes halogenated alkanes) is 2. The van der Waals surface area contributed by atoms with Crippen LogP contribution in [-0.2, 0) is 24.8 Å². The van der Waals surface area contributed by atoms with Crippen LogP contribution in [-0.4, -0.2) is 40.0 Å². The number of aromatic amines is 1. The maximum atomic E-state index is 4.84. The van der Waals surface area contributed by atoms with Crippen LogP contribution in [0.15, 0.2) is 36.4 Å². The molecular weight excluding hydrogens is 424 g/mol. The molecule has 3 heterocycles. The van der Waals surface area contributed by atoms with Crippen molar-refractivity contribution < 1.29 is 0 Å². The number of benzene rings is 1. The topological polar surface area (TPSA) is 90.1 Å².